The van der Waals surface area contributed by atoms with Gasteiger partial charge in [-0.2, -0.15) is 0 Å². The van der Waals surface area contributed by atoms with Crippen molar-refractivity contribution in [3.05, 3.63) is 48.6 Å². The molecule has 23 heavy (non-hydrogen) atoms. The quantitative estimate of drug-likeness (QED) is 0.338. The first kappa shape index (κ1) is 20.9. The average Bonchev–Trinajstić information content (AvgIpc) is 2.48. The molecule has 0 bridgehead atoms. The standard InChI is InChI=1S/C19H28O4/c1-5-6-7-8-9-10-11-12-13-14-15-18(20)22-17(4)23-19(21)16(2)3/h6-13,16-17H,5,14-15H2,1-4H3. The highest BCUT2D eigenvalue weighted by atomic mass is 16.7. The first-order valence-corrected chi connectivity index (χ1v) is 8.02. The molecule has 4 nitrogen and oxygen atoms in total. The lowest BCUT2D eigenvalue weighted by molar-refractivity contribution is -0.186. The molecule has 0 rings (SSSR count). The maximum absolute atomic E-state index is 11.6. The second-order valence-electron chi connectivity index (χ2n) is 5.22. The fraction of sp³-hybridized carbons (Fsp3) is 0.474. The van der Waals surface area contributed by atoms with Crippen molar-refractivity contribution < 1.29 is 19.1 Å². The Morgan fingerprint density at radius 2 is 1.43 bits per heavy atom. The van der Waals surface area contributed by atoms with Gasteiger partial charge in [0.05, 0.1) is 5.92 Å². The first-order valence-electron chi connectivity index (χ1n) is 8.02. The smallest absolute Gasteiger partial charge is 0.311 e. The van der Waals surface area contributed by atoms with E-state index in [1.165, 1.54) is 6.92 Å². The number of rotatable bonds is 10. The van der Waals surface area contributed by atoms with Crippen molar-refractivity contribution >= 4 is 11.9 Å². The highest BCUT2D eigenvalue weighted by Crippen LogP contribution is 2.04. The van der Waals surface area contributed by atoms with E-state index in [0.29, 0.717) is 6.42 Å². The Morgan fingerprint density at radius 1 is 0.870 bits per heavy atom. The third-order valence-electron chi connectivity index (χ3n) is 2.63. The van der Waals surface area contributed by atoms with Crippen molar-refractivity contribution in [2.75, 3.05) is 0 Å². The molecule has 0 fully saturated rings. The molecule has 0 heterocycles. The lowest BCUT2D eigenvalue weighted by Gasteiger charge is -2.15. The SMILES string of the molecule is CCC=CC=CC=CC=CCCC(=O)OC(C)OC(=O)C(C)C. The Kier molecular flexibility index (Phi) is 12.3. The summed E-state index contributed by atoms with van der Waals surface area (Å²) in [6, 6.07) is 0. The van der Waals surface area contributed by atoms with Gasteiger partial charge < -0.3 is 9.47 Å². The maximum Gasteiger partial charge on any atom is 0.311 e. The minimum Gasteiger partial charge on any atom is -0.425 e. The van der Waals surface area contributed by atoms with Crippen molar-refractivity contribution in [1.29, 1.82) is 0 Å². The topological polar surface area (TPSA) is 52.6 Å². The number of carbonyl (C=O) groups is 2. The second-order valence-corrected chi connectivity index (χ2v) is 5.22. The van der Waals surface area contributed by atoms with E-state index >= 15 is 0 Å². The van der Waals surface area contributed by atoms with E-state index in [2.05, 4.69) is 13.0 Å². The van der Waals surface area contributed by atoms with Gasteiger partial charge in [-0.05, 0) is 12.8 Å². The molecule has 4 heteroatoms. The van der Waals surface area contributed by atoms with Gasteiger partial charge in [0, 0.05) is 13.3 Å². The van der Waals surface area contributed by atoms with Crippen LogP contribution in [0.5, 0.6) is 0 Å². The molecule has 0 saturated carbocycles. The van der Waals surface area contributed by atoms with Gasteiger partial charge in [-0.1, -0.05) is 69.4 Å². The largest absolute Gasteiger partial charge is 0.425 e. The van der Waals surface area contributed by atoms with E-state index in [0.717, 1.165) is 6.42 Å². The van der Waals surface area contributed by atoms with Gasteiger partial charge in [0.1, 0.15) is 0 Å². The molecule has 0 spiro atoms. The Labute approximate surface area is 139 Å². The van der Waals surface area contributed by atoms with Crippen LogP contribution < -0.4 is 0 Å². The molecule has 0 aromatic carbocycles. The van der Waals surface area contributed by atoms with Crippen LogP contribution in [0.15, 0.2) is 48.6 Å². The third kappa shape index (κ3) is 13.3. The molecule has 0 saturated heterocycles. The van der Waals surface area contributed by atoms with Crippen LogP contribution in [-0.2, 0) is 19.1 Å². The molecule has 128 valence electrons. The molecular formula is C19H28O4. The van der Waals surface area contributed by atoms with Gasteiger partial charge >= 0.3 is 11.9 Å². The summed E-state index contributed by atoms with van der Waals surface area (Å²) < 4.78 is 9.96. The molecule has 0 aromatic heterocycles. The van der Waals surface area contributed by atoms with E-state index in [1.807, 2.05) is 42.5 Å². The summed E-state index contributed by atoms with van der Waals surface area (Å²) >= 11 is 0. The van der Waals surface area contributed by atoms with Gasteiger partial charge in [0.2, 0.25) is 6.29 Å². The van der Waals surface area contributed by atoms with Gasteiger partial charge in [-0.3, -0.25) is 9.59 Å². The van der Waals surface area contributed by atoms with Gasteiger partial charge in [0.25, 0.3) is 0 Å². The van der Waals surface area contributed by atoms with E-state index in [9.17, 15) is 9.59 Å². The van der Waals surface area contributed by atoms with Gasteiger partial charge in [0.15, 0.2) is 0 Å². The number of hydrogen-bond donors (Lipinski definition) is 0. The lowest BCUT2D eigenvalue weighted by atomic mass is 10.2. The minimum atomic E-state index is -0.845. The van der Waals surface area contributed by atoms with Crippen LogP contribution in [0.25, 0.3) is 0 Å². The number of ether oxygens (including phenoxy) is 2. The van der Waals surface area contributed by atoms with E-state index < -0.39 is 6.29 Å². The van der Waals surface area contributed by atoms with Crippen LogP contribution in [0.3, 0.4) is 0 Å². The number of hydrogen-bond acceptors (Lipinski definition) is 4. The Morgan fingerprint density at radius 3 is 2.00 bits per heavy atom. The fourth-order valence-electron chi connectivity index (χ4n) is 1.41. The molecule has 0 radical (unpaired) electrons. The molecule has 1 unspecified atom stereocenters. The van der Waals surface area contributed by atoms with Crippen LogP contribution in [-0.4, -0.2) is 18.2 Å². The third-order valence-corrected chi connectivity index (χ3v) is 2.63. The maximum atomic E-state index is 11.6. The number of esters is 2. The highest BCUT2D eigenvalue weighted by Gasteiger charge is 2.15. The lowest BCUT2D eigenvalue weighted by Crippen LogP contribution is -2.24. The predicted molar refractivity (Wildman–Crippen MR) is 92.6 cm³/mol. The average molecular weight is 320 g/mol. The summed E-state index contributed by atoms with van der Waals surface area (Å²) in [5.74, 6) is -0.998. The zero-order chi connectivity index (χ0) is 17.5. The molecule has 0 aliphatic heterocycles. The summed E-state index contributed by atoms with van der Waals surface area (Å²) in [4.78, 5) is 22.9. The fourth-order valence-corrected chi connectivity index (χ4v) is 1.41. The van der Waals surface area contributed by atoms with Crippen LogP contribution in [0.4, 0.5) is 0 Å². The van der Waals surface area contributed by atoms with Gasteiger partial charge in [-0.25, -0.2) is 0 Å². The Balaban J connectivity index is 3.87. The summed E-state index contributed by atoms with van der Waals surface area (Å²) in [5.41, 5.74) is 0. The molecular weight excluding hydrogens is 292 g/mol. The predicted octanol–water partition coefficient (Wildman–Crippen LogP) is 4.49. The molecule has 0 aromatic rings. The normalized spacial score (nSPS) is 13.6. The van der Waals surface area contributed by atoms with E-state index in [1.54, 1.807) is 13.8 Å². The zero-order valence-corrected chi connectivity index (χ0v) is 14.5. The Bertz CT molecular complexity index is 456. The molecule has 0 aliphatic rings. The van der Waals surface area contributed by atoms with Crippen LogP contribution in [0, 0.1) is 5.92 Å². The van der Waals surface area contributed by atoms with Crippen LogP contribution in [0.2, 0.25) is 0 Å². The van der Waals surface area contributed by atoms with Crippen LogP contribution >= 0.6 is 0 Å². The summed E-state index contributed by atoms with van der Waals surface area (Å²) in [7, 11) is 0. The number of carbonyl (C=O) groups excluding carboxylic acids is 2. The van der Waals surface area contributed by atoms with Gasteiger partial charge in [-0.15, -0.1) is 0 Å². The molecule has 1 atom stereocenters. The summed E-state index contributed by atoms with van der Waals surface area (Å²) in [6.07, 6.45) is 16.6. The monoisotopic (exact) mass is 320 g/mol. The van der Waals surface area contributed by atoms with E-state index in [4.69, 9.17) is 9.47 Å². The molecule has 0 amide bonds. The van der Waals surface area contributed by atoms with Crippen molar-refractivity contribution in [2.24, 2.45) is 5.92 Å². The number of allylic oxidation sites excluding steroid dienone is 8. The van der Waals surface area contributed by atoms with Crippen molar-refractivity contribution in [3.8, 4) is 0 Å². The second kappa shape index (κ2) is 13.6. The van der Waals surface area contributed by atoms with Crippen LogP contribution in [0.1, 0.15) is 47.0 Å². The summed E-state index contributed by atoms with van der Waals surface area (Å²) in [5, 5.41) is 0. The van der Waals surface area contributed by atoms with E-state index in [-0.39, 0.29) is 24.3 Å². The zero-order valence-electron chi connectivity index (χ0n) is 14.5. The first-order chi connectivity index (χ1) is 11.0. The van der Waals surface area contributed by atoms with Crippen molar-refractivity contribution in [2.45, 2.75) is 53.2 Å². The highest BCUT2D eigenvalue weighted by molar-refractivity contribution is 5.72. The van der Waals surface area contributed by atoms with Crippen molar-refractivity contribution in [3.63, 3.8) is 0 Å². The van der Waals surface area contributed by atoms with Crippen molar-refractivity contribution in [1.82, 2.24) is 0 Å². The summed E-state index contributed by atoms with van der Waals surface area (Å²) in [6.45, 7) is 7.08. The molecule has 0 N–H and O–H groups in total. The molecule has 0 aliphatic carbocycles. The minimum absolute atomic E-state index is 0.239. The Hall–Kier alpha value is -2.10.